The van der Waals surface area contributed by atoms with Crippen LogP contribution in [0.5, 0.6) is 5.75 Å². The molecule has 0 radical (unpaired) electrons. The first-order chi connectivity index (χ1) is 10.2. The van der Waals surface area contributed by atoms with Crippen LogP contribution in [0.3, 0.4) is 0 Å². The highest BCUT2D eigenvalue weighted by molar-refractivity contribution is 7.48. The average Bonchev–Trinajstić information content (AvgIpc) is 2.44. The average molecular weight is 335 g/mol. The molecule has 0 saturated carbocycles. The number of aliphatic hydroxyl groups excluding tert-OH is 2. The van der Waals surface area contributed by atoms with E-state index in [2.05, 4.69) is 0 Å². The highest BCUT2D eigenvalue weighted by atomic mass is 31.2. The molecule has 2 N–H and O–H groups in total. The van der Waals surface area contributed by atoms with Crippen LogP contribution in [0.2, 0.25) is 0 Å². The van der Waals surface area contributed by atoms with E-state index >= 15 is 0 Å². The first-order valence-corrected chi connectivity index (χ1v) is 7.87. The Hall–Kier alpha value is -1.51. The van der Waals surface area contributed by atoms with Crippen LogP contribution in [0.15, 0.2) is 24.3 Å². The van der Waals surface area contributed by atoms with Crippen LogP contribution in [-0.4, -0.2) is 40.6 Å². The van der Waals surface area contributed by atoms with E-state index < -0.39 is 25.0 Å². The molecule has 124 valence electrons. The summed E-state index contributed by atoms with van der Waals surface area (Å²) in [6, 6.07) is 4.82. The van der Waals surface area contributed by atoms with E-state index in [9.17, 15) is 24.9 Å². The van der Waals surface area contributed by atoms with E-state index in [4.69, 9.17) is 13.6 Å². The Morgan fingerprint density at radius 3 is 1.95 bits per heavy atom. The van der Waals surface area contributed by atoms with Crippen molar-refractivity contribution in [1.29, 1.82) is 0 Å². The van der Waals surface area contributed by atoms with Gasteiger partial charge in [-0.2, -0.15) is 0 Å². The standard InChI is InChI=1S/C12H18NO8P/c1-9(14)7-19-22(18,20-8-10(2)15)21-12-5-3-11(4-6-12)13(16)17/h3-6,9-10,14-15H,7-8H2,1-2H3. The molecule has 0 aromatic heterocycles. The van der Waals surface area contributed by atoms with Crippen molar-refractivity contribution in [2.24, 2.45) is 0 Å². The molecule has 0 amide bonds. The molecule has 2 unspecified atom stereocenters. The number of hydrogen-bond donors (Lipinski definition) is 2. The highest BCUT2D eigenvalue weighted by Crippen LogP contribution is 2.49. The molecule has 1 aromatic carbocycles. The van der Waals surface area contributed by atoms with E-state index in [1.54, 1.807) is 0 Å². The van der Waals surface area contributed by atoms with Gasteiger partial charge in [0.05, 0.1) is 30.3 Å². The van der Waals surface area contributed by atoms with Crippen LogP contribution in [0.25, 0.3) is 0 Å². The molecule has 0 fully saturated rings. The minimum Gasteiger partial charge on any atom is -0.404 e. The highest BCUT2D eigenvalue weighted by Gasteiger charge is 2.30. The maximum absolute atomic E-state index is 12.4. The van der Waals surface area contributed by atoms with Crippen molar-refractivity contribution in [1.82, 2.24) is 0 Å². The maximum atomic E-state index is 12.4. The Labute approximate surface area is 127 Å². The summed E-state index contributed by atoms with van der Waals surface area (Å²) < 4.78 is 27.4. The summed E-state index contributed by atoms with van der Waals surface area (Å²) in [5.41, 5.74) is -0.156. The Bertz CT molecular complexity index is 514. The fourth-order valence-corrected chi connectivity index (χ4v) is 2.60. The summed E-state index contributed by atoms with van der Waals surface area (Å²) in [4.78, 5) is 9.97. The van der Waals surface area contributed by atoms with E-state index in [1.165, 1.54) is 38.1 Å². The molecule has 0 saturated heterocycles. The van der Waals surface area contributed by atoms with Gasteiger partial charge in [-0.05, 0) is 26.0 Å². The summed E-state index contributed by atoms with van der Waals surface area (Å²) in [5.74, 6) is 0.0325. The molecule has 1 rings (SSSR count). The Morgan fingerprint density at radius 2 is 1.59 bits per heavy atom. The Kier molecular flexibility index (Phi) is 6.92. The summed E-state index contributed by atoms with van der Waals surface area (Å²) in [6.07, 6.45) is -1.80. The number of hydrogen-bond acceptors (Lipinski definition) is 8. The maximum Gasteiger partial charge on any atom is 0.530 e. The third kappa shape index (κ3) is 6.50. The second-order valence-corrected chi connectivity index (χ2v) is 6.17. The lowest BCUT2D eigenvalue weighted by molar-refractivity contribution is -0.384. The monoisotopic (exact) mass is 335 g/mol. The zero-order chi connectivity index (χ0) is 16.8. The summed E-state index contributed by atoms with van der Waals surface area (Å²) >= 11 is 0. The fraction of sp³-hybridized carbons (Fsp3) is 0.500. The van der Waals surface area contributed by atoms with Crippen molar-refractivity contribution in [3.8, 4) is 5.75 Å². The van der Waals surface area contributed by atoms with Crippen molar-refractivity contribution >= 4 is 13.5 Å². The number of benzene rings is 1. The molecule has 0 spiro atoms. The summed E-state index contributed by atoms with van der Waals surface area (Å²) in [7, 11) is -4.08. The molecule has 9 nitrogen and oxygen atoms in total. The molecule has 0 aliphatic carbocycles. The lowest BCUT2D eigenvalue weighted by Gasteiger charge is -2.19. The number of non-ortho nitro benzene ring substituents is 1. The molecule has 2 atom stereocenters. The van der Waals surface area contributed by atoms with Gasteiger partial charge in [0, 0.05) is 12.1 Å². The number of nitro benzene ring substituents is 1. The van der Waals surface area contributed by atoms with E-state index in [1.807, 2.05) is 0 Å². The SMILES string of the molecule is CC(O)COP(=O)(OCC(C)O)Oc1ccc([N+](=O)[O-])cc1. The molecule has 0 aliphatic rings. The lowest BCUT2D eigenvalue weighted by Crippen LogP contribution is -2.16. The number of rotatable bonds is 9. The van der Waals surface area contributed by atoms with Gasteiger partial charge in [-0.3, -0.25) is 19.2 Å². The smallest absolute Gasteiger partial charge is 0.404 e. The third-order valence-electron chi connectivity index (χ3n) is 2.21. The van der Waals surface area contributed by atoms with Gasteiger partial charge in [0.2, 0.25) is 0 Å². The van der Waals surface area contributed by atoms with Crippen LogP contribution in [0.1, 0.15) is 13.8 Å². The van der Waals surface area contributed by atoms with E-state index in [0.717, 1.165) is 0 Å². The van der Waals surface area contributed by atoms with E-state index in [-0.39, 0.29) is 24.7 Å². The van der Waals surface area contributed by atoms with Gasteiger partial charge in [0.1, 0.15) is 5.75 Å². The number of phosphoric ester groups is 1. The zero-order valence-electron chi connectivity index (χ0n) is 12.1. The normalized spacial score (nSPS) is 16.5. The van der Waals surface area contributed by atoms with Crippen molar-refractivity contribution in [3.05, 3.63) is 34.4 Å². The second kappa shape index (κ2) is 8.21. The van der Waals surface area contributed by atoms with Crippen LogP contribution in [-0.2, 0) is 13.6 Å². The van der Waals surface area contributed by atoms with Crippen molar-refractivity contribution in [2.75, 3.05) is 13.2 Å². The minimum atomic E-state index is -4.08. The van der Waals surface area contributed by atoms with Gasteiger partial charge in [-0.1, -0.05) is 0 Å². The number of aliphatic hydroxyl groups is 2. The molecule has 0 heterocycles. The first kappa shape index (κ1) is 18.5. The third-order valence-corrected chi connectivity index (χ3v) is 3.58. The molecule has 0 bridgehead atoms. The number of phosphoric acid groups is 1. The Balaban J connectivity index is 2.81. The zero-order valence-corrected chi connectivity index (χ0v) is 13.0. The van der Waals surface area contributed by atoms with E-state index in [0.29, 0.717) is 0 Å². The van der Waals surface area contributed by atoms with Crippen molar-refractivity contribution in [3.63, 3.8) is 0 Å². The lowest BCUT2D eigenvalue weighted by atomic mass is 10.3. The minimum absolute atomic E-state index is 0.0325. The van der Waals surface area contributed by atoms with Gasteiger partial charge < -0.3 is 14.7 Å². The molecular formula is C12H18NO8P. The van der Waals surface area contributed by atoms with Crippen LogP contribution in [0, 0.1) is 10.1 Å². The van der Waals surface area contributed by atoms with Crippen LogP contribution >= 0.6 is 7.82 Å². The fourth-order valence-electron chi connectivity index (χ4n) is 1.25. The Morgan fingerprint density at radius 1 is 1.14 bits per heavy atom. The largest absolute Gasteiger partial charge is 0.530 e. The predicted octanol–water partition coefficient (Wildman–Crippen LogP) is 1.88. The van der Waals surface area contributed by atoms with Gasteiger partial charge in [-0.15, -0.1) is 0 Å². The van der Waals surface area contributed by atoms with Crippen LogP contribution in [0.4, 0.5) is 5.69 Å². The second-order valence-electron chi connectivity index (χ2n) is 4.58. The number of nitrogens with zero attached hydrogens (tertiary/aromatic N) is 1. The quantitative estimate of drug-likeness (QED) is 0.397. The molecule has 10 heteroatoms. The number of nitro groups is 1. The van der Waals surface area contributed by atoms with Gasteiger partial charge in [0.15, 0.2) is 0 Å². The predicted molar refractivity (Wildman–Crippen MR) is 76.6 cm³/mol. The topological polar surface area (TPSA) is 128 Å². The van der Waals surface area contributed by atoms with Crippen molar-refractivity contribution < 1.29 is 33.3 Å². The molecule has 1 aromatic rings. The van der Waals surface area contributed by atoms with Crippen LogP contribution < -0.4 is 4.52 Å². The molecular weight excluding hydrogens is 317 g/mol. The van der Waals surface area contributed by atoms with Crippen molar-refractivity contribution in [2.45, 2.75) is 26.1 Å². The summed E-state index contributed by atoms with van der Waals surface area (Å²) in [5, 5.41) is 28.9. The van der Waals surface area contributed by atoms with Gasteiger partial charge in [0.25, 0.3) is 5.69 Å². The summed E-state index contributed by atoms with van der Waals surface area (Å²) in [6.45, 7) is 2.24. The molecule has 0 aliphatic heterocycles. The van der Waals surface area contributed by atoms with Gasteiger partial charge in [-0.25, -0.2) is 4.57 Å². The van der Waals surface area contributed by atoms with Gasteiger partial charge >= 0.3 is 7.82 Å². The molecule has 22 heavy (non-hydrogen) atoms. The first-order valence-electron chi connectivity index (χ1n) is 6.41.